The van der Waals surface area contributed by atoms with Crippen LogP contribution in [0.4, 0.5) is 10.2 Å². The van der Waals surface area contributed by atoms with Gasteiger partial charge in [-0.25, -0.2) is 9.07 Å². The van der Waals surface area contributed by atoms with Crippen molar-refractivity contribution >= 4 is 5.82 Å². The number of nitriles is 1. The zero-order valence-corrected chi connectivity index (χ0v) is 21.5. The number of aryl methyl sites for hydroxylation is 1. The molecule has 3 aromatic rings. The van der Waals surface area contributed by atoms with Crippen LogP contribution in [-0.2, 0) is 17.8 Å². The van der Waals surface area contributed by atoms with E-state index < -0.39 is 0 Å². The Bertz CT molecular complexity index is 1180. The van der Waals surface area contributed by atoms with Crippen molar-refractivity contribution in [2.75, 3.05) is 57.9 Å². The van der Waals surface area contributed by atoms with E-state index in [0.29, 0.717) is 25.3 Å². The standard InChI is InChI=1S/C28H35FN6O/c1-4-32-12-14-34(15-13-32)28-27(22(2)31-35(28)26-10-8-25(29)9-11-26)21-33(16-17-36-3)20-24-7-5-6-23(18-24)19-30/h5-11,18H,4,12-17,20-21H2,1-3H3. The van der Waals surface area contributed by atoms with Crippen molar-refractivity contribution in [1.82, 2.24) is 19.6 Å². The summed E-state index contributed by atoms with van der Waals surface area (Å²) in [6, 6.07) is 16.5. The number of aromatic nitrogens is 2. The second-order valence-electron chi connectivity index (χ2n) is 9.21. The van der Waals surface area contributed by atoms with Crippen LogP contribution < -0.4 is 4.90 Å². The summed E-state index contributed by atoms with van der Waals surface area (Å²) in [5.74, 6) is 0.814. The number of hydrogen-bond donors (Lipinski definition) is 0. The van der Waals surface area contributed by atoms with Crippen LogP contribution in [0, 0.1) is 24.1 Å². The van der Waals surface area contributed by atoms with Crippen molar-refractivity contribution < 1.29 is 9.13 Å². The molecule has 0 aliphatic carbocycles. The summed E-state index contributed by atoms with van der Waals surface area (Å²) >= 11 is 0. The molecule has 0 amide bonds. The van der Waals surface area contributed by atoms with Crippen molar-refractivity contribution in [3.63, 3.8) is 0 Å². The topological polar surface area (TPSA) is 60.6 Å². The average Bonchev–Trinajstić information content (AvgIpc) is 3.23. The maximum absolute atomic E-state index is 13.7. The largest absolute Gasteiger partial charge is 0.383 e. The van der Waals surface area contributed by atoms with Gasteiger partial charge in [0.1, 0.15) is 11.6 Å². The van der Waals surface area contributed by atoms with Crippen molar-refractivity contribution in [1.29, 1.82) is 5.26 Å². The van der Waals surface area contributed by atoms with Gasteiger partial charge < -0.3 is 14.5 Å². The zero-order chi connectivity index (χ0) is 25.5. The van der Waals surface area contributed by atoms with E-state index in [1.807, 2.05) is 29.8 Å². The summed E-state index contributed by atoms with van der Waals surface area (Å²) < 4.78 is 21.1. The molecule has 190 valence electrons. The van der Waals surface area contributed by atoms with E-state index in [0.717, 1.165) is 67.6 Å². The van der Waals surface area contributed by atoms with Gasteiger partial charge in [0.05, 0.1) is 29.6 Å². The minimum atomic E-state index is -0.258. The van der Waals surface area contributed by atoms with Crippen LogP contribution in [0.15, 0.2) is 48.5 Å². The van der Waals surface area contributed by atoms with Crippen LogP contribution in [0.1, 0.15) is 29.3 Å². The van der Waals surface area contributed by atoms with Crippen LogP contribution in [0.3, 0.4) is 0 Å². The third-order valence-corrected chi connectivity index (χ3v) is 6.80. The molecule has 7 nitrogen and oxygen atoms in total. The summed E-state index contributed by atoms with van der Waals surface area (Å²) in [6.07, 6.45) is 0. The van der Waals surface area contributed by atoms with E-state index in [1.54, 1.807) is 19.2 Å². The third-order valence-electron chi connectivity index (χ3n) is 6.80. The van der Waals surface area contributed by atoms with E-state index in [4.69, 9.17) is 9.84 Å². The smallest absolute Gasteiger partial charge is 0.137 e. The van der Waals surface area contributed by atoms with Gasteiger partial charge in [0.2, 0.25) is 0 Å². The lowest BCUT2D eigenvalue weighted by Gasteiger charge is -2.36. The Balaban J connectivity index is 1.69. The molecule has 2 heterocycles. The van der Waals surface area contributed by atoms with E-state index in [9.17, 15) is 9.65 Å². The molecule has 0 saturated carbocycles. The van der Waals surface area contributed by atoms with Gasteiger partial charge in [0.25, 0.3) is 0 Å². The van der Waals surface area contributed by atoms with Crippen molar-refractivity contribution in [3.05, 3.63) is 76.7 Å². The summed E-state index contributed by atoms with van der Waals surface area (Å²) in [4.78, 5) is 7.20. The Morgan fingerprint density at radius 2 is 1.83 bits per heavy atom. The van der Waals surface area contributed by atoms with Gasteiger partial charge in [0, 0.05) is 58.5 Å². The van der Waals surface area contributed by atoms with Crippen LogP contribution in [0.25, 0.3) is 5.69 Å². The van der Waals surface area contributed by atoms with E-state index >= 15 is 0 Å². The van der Waals surface area contributed by atoms with Crippen LogP contribution in [-0.4, -0.2) is 72.6 Å². The molecule has 0 atom stereocenters. The van der Waals surface area contributed by atoms with E-state index in [2.05, 4.69) is 33.8 Å². The Morgan fingerprint density at radius 3 is 2.50 bits per heavy atom. The van der Waals surface area contributed by atoms with Gasteiger partial charge in [-0.1, -0.05) is 19.1 Å². The Hall–Kier alpha value is -3.25. The average molecular weight is 491 g/mol. The normalized spacial score (nSPS) is 14.4. The van der Waals surface area contributed by atoms with Gasteiger partial charge in [-0.15, -0.1) is 0 Å². The number of likely N-dealkylation sites (N-methyl/N-ethyl adjacent to an activating group) is 1. The molecule has 1 aliphatic rings. The van der Waals surface area contributed by atoms with Gasteiger partial charge in [-0.2, -0.15) is 10.4 Å². The second kappa shape index (κ2) is 12.1. The lowest BCUT2D eigenvalue weighted by atomic mass is 10.1. The second-order valence-corrected chi connectivity index (χ2v) is 9.21. The fourth-order valence-corrected chi connectivity index (χ4v) is 4.75. The molecule has 1 aliphatic heterocycles. The molecule has 8 heteroatoms. The summed E-state index contributed by atoms with van der Waals surface area (Å²) in [5, 5.41) is 14.3. The molecular weight excluding hydrogens is 455 g/mol. The van der Waals surface area contributed by atoms with Crippen LogP contribution >= 0.6 is 0 Å². The third kappa shape index (κ3) is 6.11. The molecule has 36 heavy (non-hydrogen) atoms. The van der Waals surface area contributed by atoms with Gasteiger partial charge in [0.15, 0.2) is 0 Å². The number of hydrogen-bond acceptors (Lipinski definition) is 6. The molecule has 0 bridgehead atoms. The number of anilines is 1. The summed E-state index contributed by atoms with van der Waals surface area (Å²) in [6.45, 7) is 11.9. The van der Waals surface area contributed by atoms with E-state index in [1.165, 1.54) is 12.1 Å². The fourth-order valence-electron chi connectivity index (χ4n) is 4.75. The Labute approximate surface area is 213 Å². The fraction of sp³-hybridized carbons (Fsp3) is 0.429. The molecule has 0 spiro atoms. The highest BCUT2D eigenvalue weighted by molar-refractivity contribution is 5.56. The molecule has 2 aromatic carbocycles. The van der Waals surface area contributed by atoms with Crippen LogP contribution in [0.5, 0.6) is 0 Å². The number of rotatable bonds is 10. The first-order chi connectivity index (χ1) is 17.5. The quantitative estimate of drug-likeness (QED) is 0.429. The lowest BCUT2D eigenvalue weighted by molar-refractivity contribution is 0.140. The Morgan fingerprint density at radius 1 is 1.08 bits per heavy atom. The number of halogens is 1. The molecule has 4 rings (SSSR count). The van der Waals surface area contributed by atoms with E-state index in [-0.39, 0.29) is 5.82 Å². The molecule has 0 N–H and O–H groups in total. The van der Waals surface area contributed by atoms with Crippen molar-refractivity contribution in [2.45, 2.75) is 26.9 Å². The minimum Gasteiger partial charge on any atom is -0.383 e. The minimum absolute atomic E-state index is 0.258. The molecule has 1 fully saturated rings. The molecule has 1 saturated heterocycles. The number of methoxy groups -OCH3 is 1. The highest BCUT2D eigenvalue weighted by atomic mass is 19.1. The first-order valence-corrected chi connectivity index (χ1v) is 12.5. The van der Waals surface area contributed by atoms with Gasteiger partial charge in [-0.3, -0.25) is 4.90 Å². The number of ether oxygens (including phenoxy) is 1. The molecule has 0 radical (unpaired) electrons. The van der Waals surface area contributed by atoms with Crippen molar-refractivity contribution in [3.8, 4) is 11.8 Å². The molecular formula is C28H35FN6O. The van der Waals surface area contributed by atoms with Gasteiger partial charge in [-0.05, 0) is 55.4 Å². The number of benzene rings is 2. The monoisotopic (exact) mass is 490 g/mol. The molecule has 1 aromatic heterocycles. The maximum Gasteiger partial charge on any atom is 0.137 e. The number of piperazine rings is 1. The summed E-state index contributed by atoms with van der Waals surface area (Å²) in [7, 11) is 1.71. The maximum atomic E-state index is 13.7. The Kier molecular flexibility index (Phi) is 8.70. The van der Waals surface area contributed by atoms with Crippen LogP contribution in [0.2, 0.25) is 0 Å². The highest BCUT2D eigenvalue weighted by Crippen LogP contribution is 2.30. The molecule has 0 unspecified atom stereocenters. The summed E-state index contributed by atoms with van der Waals surface area (Å²) in [5.41, 5.74) is 4.72. The predicted octanol–water partition coefficient (Wildman–Crippen LogP) is 3.98. The first kappa shape index (κ1) is 25.8. The SMILES string of the molecule is CCN1CCN(c2c(CN(CCOC)Cc3cccc(C#N)c3)c(C)nn2-c2ccc(F)cc2)CC1. The van der Waals surface area contributed by atoms with Gasteiger partial charge >= 0.3 is 0 Å². The lowest BCUT2D eigenvalue weighted by Crippen LogP contribution is -2.47. The number of nitrogens with zero attached hydrogens (tertiary/aromatic N) is 6. The first-order valence-electron chi connectivity index (χ1n) is 12.5. The van der Waals surface area contributed by atoms with Crippen molar-refractivity contribution in [2.24, 2.45) is 0 Å². The zero-order valence-electron chi connectivity index (χ0n) is 21.5. The predicted molar refractivity (Wildman–Crippen MR) is 140 cm³/mol. The highest BCUT2D eigenvalue weighted by Gasteiger charge is 2.26.